The molecule has 0 aliphatic rings. The van der Waals surface area contributed by atoms with E-state index in [1.807, 2.05) is 0 Å². The fraction of sp³-hybridized carbons (Fsp3) is 0.786. The van der Waals surface area contributed by atoms with Crippen molar-refractivity contribution in [3.05, 3.63) is 18.2 Å². The van der Waals surface area contributed by atoms with Gasteiger partial charge in [0, 0.05) is 76.0 Å². The molecule has 446 valence electrons. The highest BCUT2D eigenvalue weighted by molar-refractivity contribution is 5.96. The highest BCUT2D eigenvalue weighted by Gasteiger charge is 2.34. The quantitative estimate of drug-likeness (QED) is 0.0375. The van der Waals surface area contributed by atoms with E-state index in [1.54, 1.807) is 6.20 Å². The molecule has 1 heterocycles. The monoisotopic (exact) mass is 1110 g/mol. The third-order valence-electron chi connectivity index (χ3n) is 13.2. The number of carboxylic acid groups (broad SMARTS) is 2. The lowest BCUT2D eigenvalue weighted by Crippen LogP contribution is -2.55. The summed E-state index contributed by atoms with van der Waals surface area (Å²) < 4.78 is 21.5. The normalized spacial score (nSPS) is 12.6. The number of ketones is 3. The van der Waals surface area contributed by atoms with E-state index >= 15 is 0 Å². The van der Waals surface area contributed by atoms with Gasteiger partial charge in [0.15, 0.2) is 5.78 Å². The fourth-order valence-corrected chi connectivity index (χ4v) is 8.40. The minimum atomic E-state index is -1.34. The molecule has 0 radical (unpaired) electrons. The molecule has 9 N–H and O–H groups in total. The number of nitrogens with zero attached hydrogens (tertiary/aromatic N) is 1. The number of rotatable bonds is 54. The van der Waals surface area contributed by atoms with Gasteiger partial charge in [0.05, 0.1) is 69.9 Å². The van der Waals surface area contributed by atoms with Crippen LogP contribution in [0.3, 0.4) is 0 Å². The second-order valence-electron chi connectivity index (χ2n) is 20.6. The molecule has 1 aromatic heterocycles. The second kappa shape index (κ2) is 45.7. The number of aliphatic carboxylic acids is 2. The Morgan fingerprint density at radius 3 is 1.64 bits per heavy atom. The average molecular weight is 1110 g/mol. The molecule has 0 spiro atoms. The highest BCUT2D eigenvalue weighted by Crippen LogP contribution is 2.22. The Morgan fingerprint density at radius 1 is 0.590 bits per heavy atom. The standard InChI is InChI=1S/C56H97N7O15/c1-4-5-6-7-8-9-10-11-12-13-14-15-16-17-18-22-46(64)36-44(55(73)74)23-25-50(67)60-28-30-75-32-35-78-41-52(69)61-29-31-76-33-34-77-40-51(68)59-27-20-19-21-43(48(65)24-26-53(70)71)37-49(66)56(2,3)63-54(72)47(57)38-45-39-58-42-62-45/h39,42-44,47H,4-38,40-41,57H2,1-3H3,(H,58,62)(H,59,68)(H,60,67)(H,61,69)(H,63,72)(H,70,71)(H,73,74)/t43-,44-,47+/m1/s1. The summed E-state index contributed by atoms with van der Waals surface area (Å²) in [6.45, 7) is 6.61. The summed E-state index contributed by atoms with van der Waals surface area (Å²) in [7, 11) is 0. The Morgan fingerprint density at radius 2 is 1.12 bits per heavy atom. The number of amides is 4. The van der Waals surface area contributed by atoms with Gasteiger partial charge in [-0.2, -0.15) is 0 Å². The average Bonchev–Trinajstić information content (AvgIpc) is 3.91. The van der Waals surface area contributed by atoms with Crippen molar-refractivity contribution in [1.82, 2.24) is 31.2 Å². The van der Waals surface area contributed by atoms with Gasteiger partial charge in [0.1, 0.15) is 24.8 Å². The van der Waals surface area contributed by atoms with E-state index < -0.39 is 47.0 Å². The number of carboxylic acids is 2. The Bertz CT molecular complexity index is 1850. The van der Waals surface area contributed by atoms with Crippen LogP contribution in [0.2, 0.25) is 0 Å². The predicted octanol–water partition coefficient (Wildman–Crippen LogP) is 5.47. The molecule has 1 rings (SSSR count). The summed E-state index contributed by atoms with van der Waals surface area (Å²) in [5.74, 6) is -6.32. The minimum absolute atomic E-state index is 0.0101. The minimum Gasteiger partial charge on any atom is -0.481 e. The van der Waals surface area contributed by atoms with Gasteiger partial charge >= 0.3 is 11.9 Å². The molecule has 22 heteroatoms. The molecule has 78 heavy (non-hydrogen) atoms. The number of carbonyl (C=O) groups excluding carboxylic acids is 7. The number of ether oxygens (including phenoxy) is 4. The highest BCUT2D eigenvalue weighted by atomic mass is 16.5. The Labute approximate surface area is 462 Å². The number of nitrogens with one attached hydrogen (secondary N) is 5. The maximum atomic E-state index is 13.3. The van der Waals surface area contributed by atoms with Crippen LogP contribution < -0.4 is 27.0 Å². The number of hydrogen-bond acceptors (Lipinski definition) is 15. The van der Waals surface area contributed by atoms with Crippen molar-refractivity contribution < 1.29 is 72.3 Å². The third-order valence-corrected chi connectivity index (χ3v) is 13.2. The molecule has 0 saturated heterocycles. The Balaban J connectivity index is 2.08. The third kappa shape index (κ3) is 39.2. The van der Waals surface area contributed by atoms with Crippen molar-refractivity contribution in [1.29, 1.82) is 0 Å². The maximum Gasteiger partial charge on any atom is 0.306 e. The van der Waals surface area contributed by atoms with Crippen LogP contribution in [-0.4, -0.2) is 157 Å². The summed E-state index contributed by atoms with van der Waals surface area (Å²) >= 11 is 0. The van der Waals surface area contributed by atoms with Crippen molar-refractivity contribution in [2.45, 2.75) is 199 Å². The first kappa shape index (κ1) is 70.9. The lowest BCUT2D eigenvalue weighted by atomic mass is 9.84. The second-order valence-corrected chi connectivity index (χ2v) is 20.6. The van der Waals surface area contributed by atoms with E-state index in [0.717, 1.165) is 19.3 Å². The van der Waals surface area contributed by atoms with Gasteiger partial charge in [-0.3, -0.25) is 43.2 Å². The first-order valence-electron chi connectivity index (χ1n) is 28.6. The molecule has 0 unspecified atom stereocenters. The first-order valence-corrected chi connectivity index (χ1v) is 28.6. The molecular weight excluding hydrogens is 1010 g/mol. The maximum absolute atomic E-state index is 13.3. The molecule has 0 saturated carbocycles. The van der Waals surface area contributed by atoms with Crippen LogP contribution in [0.15, 0.2) is 12.5 Å². The molecule has 0 aliphatic heterocycles. The van der Waals surface area contributed by atoms with Crippen LogP contribution in [0.1, 0.15) is 187 Å². The summed E-state index contributed by atoms with van der Waals surface area (Å²) in [5.41, 5.74) is 5.33. The summed E-state index contributed by atoms with van der Waals surface area (Å²) in [4.78, 5) is 118. The molecular formula is C56H97N7O15. The van der Waals surface area contributed by atoms with E-state index in [4.69, 9.17) is 29.8 Å². The molecule has 0 bridgehead atoms. The SMILES string of the molecule is CCCCCCCCCCCCCCCCCC(=O)C[C@@H](CCC(=O)NCCOCCOCC(=O)NCCOCCOCC(=O)NCCCC[C@H](CC(=O)C(C)(C)NC(=O)[C@@H](N)Cc1cnc[nH]1)C(=O)CCC(=O)O)C(=O)O. The summed E-state index contributed by atoms with van der Waals surface area (Å²) in [6, 6.07) is -0.949. The van der Waals surface area contributed by atoms with Gasteiger partial charge in [-0.15, -0.1) is 0 Å². The largest absolute Gasteiger partial charge is 0.481 e. The fourth-order valence-electron chi connectivity index (χ4n) is 8.40. The summed E-state index contributed by atoms with van der Waals surface area (Å²) in [6.07, 6.45) is 22.5. The number of aromatic amines is 1. The number of unbranched alkanes of at least 4 members (excludes halogenated alkanes) is 15. The smallest absolute Gasteiger partial charge is 0.306 e. The molecule has 0 aromatic carbocycles. The zero-order valence-corrected chi connectivity index (χ0v) is 47.3. The molecule has 22 nitrogen and oxygen atoms in total. The van der Waals surface area contributed by atoms with Gasteiger partial charge in [-0.05, 0) is 39.5 Å². The van der Waals surface area contributed by atoms with Gasteiger partial charge in [0.2, 0.25) is 23.6 Å². The van der Waals surface area contributed by atoms with E-state index in [9.17, 15) is 48.3 Å². The number of nitrogens with two attached hydrogens (primary N) is 1. The van der Waals surface area contributed by atoms with Gasteiger partial charge in [0.25, 0.3) is 0 Å². The lowest BCUT2D eigenvalue weighted by molar-refractivity contribution is -0.144. The van der Waals surface area contributed by atoms with Crippen molar-refractivity contribution in [3.63, 3.8) is 0 Å². The first-order chi connectivity index (χ1) is 37.4. The van der Waals surface area contributed by atoms with Crippen LogP contribution >= 0.6 is 0 Å². The molecule has 0 fully saturated rings. The van der Waals surface area contributed by atoms with Crippen LogP contribution in [-0.2, 0) is 68.5 Å². The van der Waals surface area contributed by atoms with Crippen LogP contribution in [0.5, 0.6) is 0 Å². The Kier molecular flexibility index (Phi) is 41.5. The topological polar surface area (TPSA) is 334 Å². The molecule has 0 aliphatic carbocycles. The molecule has 4 amide bonds. The lowest BCUT2D eigenvalue weighted by Gasteiger charge is -2.28. The zero-order chi connectivity index (χ0) is 57.7. The molecule has 1 aromatic rings. The number of imidazole rings is 1. The Hall–Kier alpha value is -5.16. The van der Waals surface area contributed by atoms with E-state index in [2.05, 4.69) is 38.2 Å². The van der Waals surface area contributed by atoms with Crippen molar-refractivity contribution in [2.75, 3.05) is 72.5 Å². The van der Waals surface area contributed by atoms with E-state index in [0.29, 0.717) is 25.0 Å². The number of hydrogen-bond donors (Lipinski definition) is 8. The number of aromatic nitrogens is 2. The molecule has 3 atom stereocenters. The van der Waals surface area contributed by atoms with E-state index in [1.165, 1.54) is 97.2 Å². The van der Waals surface area contributed by atoms with Gasteiger partial charge in [-0.25, -0.2) is 4.98 Å². The summed E-state index contributed by atoms with van der Waals surface area (Å²) in [5, 5.41) is 29.4. The van der Waals surface area contributed by atoms with Gasteiger partial charge < -0.3 is 61.1 Å². The van der Waals surface area contributed by atoms with Crippen molar-refractivity contribution >= 4 is 52.9 Å². The van der Waals surface area contributed by atoms with Crippen LogP contribution in [0, 0.1) is 11.8 Å². The zero-order valence-electron chi connectivity index (χ0n) is 47.3. The van der Waals surface area contributed by atoms with Gasteiger partial charge in [-0.1, -0.05) is 103 Å². The van der Waals surface area contributed by atoms with E-state index in [-0.39, 0.29) is 153 Å². The predicted molar refractivity (Wildman–Crippen MR) is 293 cm³/mol. The number of Topliss-reactive ketones (excluding diaryl/α,β-unsaturated/α-hetero) is 3. The van der Waals surface area contributed by atoms with Crippen molar-refractivity contribution in [2.24, 2.45) is 17.6 Å². The number of H-pyrrole nitrogens is 1. The van der Waals surface area contributed by atoms with Crippen LogP contribution in [0.25, 0.3) is 0 Å². The van der Waals surface area contributed by atoms with Crippen LogP contribution in [0.4, 0.5) is 0 Å². The van der Waals surface area contributed by atoms with Crippen molar-refractivity contribution in [3.8, 4) is 0 Å². The number of carbonyl (C=O) groups is 9.